The quantitative estimate of drug-likeness (QED) is 0.433. The van der Waals surface area contributed by atoms with E-state index < -0.39 is 5.92 Å². The minimum atomic E-state index is -1.06. The summed E-state index contributed by atoms with van der Waals surface area (Å²) >= 11 is 0. The smallest absolute Gasteiger partial charge is 0.243 e. The minimum absolute atomic E-state index is 0.360. The number of carbonyl (C=O) groups is 1. The average molecular weight is 474 g/mol. The van der Waals surface area contributed by atoms with Crippen molar-refractivity contribution in [3.63, 3.8) is 0 Å². The summed E-state index contributed by atoms with van der Waals surface area (Å²) in [6, 6.07) is 17.5. The summed E-state index contributed by atoms with van der Waals surface area (Å²) in [4.78, 5) is 25.0. The highest BCUT2D eigenvalue weighted by molar-refractivity contribution is 5.88. The lowest BCUT2D eigenvalue weighted by atomic mass is 10.0. The molecule has 0 saturated heterocycles. The maximum atomic E-state index is 13.2. The number of benzene rings is 2. The highest BCUT2D eigenvalue weighted by atomic mass is 16.5. The van der Waals surface area contributed by atoms with Crippen molar-refractivity contribution in [1.82, 2.24) is 15.3 Å². The molecular weight excluding hydrogens is 438 g/mol. The number of hydrogen-bond acceptors (Lipinski definition) is 6. The summed E-state index contributed by atoms with van der Waals surface area (Å²) in [5, 5.41) is 13.0. The van der Waals surface area contributed by atoms with Crippen LogP contribution in [0.1, 0.15) is 44.9 Å². The van der Waals surface area contributed by atoms with E-state index in [0.29, 0.717) is 41.8 Å². The van der Waals surface area contributed by atoms with Gasteiger partial charge in [-0.2, -0.15) is 5.26 Å². The number of ether oxygens (including phenoxy) is 1. The number of nitriles is 1. The van der Waals surface area contributed by atoms with Gasteiger partial charge in [0, 0.05) is 19.6 Å². The van der Waals surface area contributed by atoms with E-state index in [1.807, 2.05) is 48.5 Å². The van der Waals surface area contributed by atoms with Crippen molar-refractivity contribution in [3.05, 3.63) is 59.8 Å². The highest BCUT2D eigenvalue weighted by Crippen LogP contribution is 2.28. The molecule has 1 N–H and O–H groups in total. The van der Waals surface area contributed by atoms with E-state index in [1.54, 1.807) is 7.11 Å². The Labute approximate surface area is 208 Å². The maximum absolute atomic E-state index is 13.2. The number of amides is 1. The fourth-order valence-corrected chi connectivity index (χ4v) is 4.03. The number of para-hydroxylation sites is 2. The summed E-state index contributed by atoms with van der Waals surface area (Å²) in [6.07, 6.45) is 0.650. The Morgan fingerprint density at radius 2 is 1.60 bits per heavy atom. The van der Waals surface area contributed by atoms with E-state index in [-0.39, 0.29) is 5.91 Å². The molecule has 0 spiro atoms. The van der Waals surface area contributed by atoms with Crippen molar-refractivity contribution in [1.29, 1.82) is 5.26 Å². The Bertz CT molecular complexity index is 1160. The molecule has 0 fully saturated rings. The number of aromatic nitrogens is 2. The van der Waals surface area contributed by atoms with Gasteiger partial charge in [0.25, 0.3) is 0 Å². The fraction of sp³-hybridized carbons (Fsp3) is 0.429. The van der Waals surface area contributed by atoms with Crippen LogP contribution in [0.4, 0.5) is 5.82 Å². The number of fused-ring (bicyclic) bond motifs is 1. The first-order chi connectivity index (χ1) is 16.8. The third-order valence-corrected chi connectivity index (χ3v) is 5.59. The molecule has 0 aliphatic carbocycles. The first-order valence-corrected chi connectivity index (χ1v) is 12.1. The molecule has 184 valence electrons. The molecule has 1 heterocycles. The zero-order valence-electron chi connectivity index (χ0n) is 21.3. The molecule has 0 bridgehead atoms. The first kappa shape index (κ1) is 26.0. The van der Waals surface area contributed by atoms with E-state index in [1.165, 1.54) is 0 Å². The van der Waals surface area contributed by atoms with E-state index in [0.717, 1.165) is 29.9 Å². The second-order valence-electron chi connectivity index (χ2n) is 9.57. The Morgan fingerprint density at radius 3 is 2.14 bits per heavy atom. The third kappa shape index (κ3) is 6.92. The second-order valence-corrected chi connectivity index (χ2v) is 9.57. The van der Waals surface area contributed by atoms with Gasteiger partial charge in [-0.25, -0.2) is 9.97 Å². The van der Waals surface area contributed by atoms with Gasteiger partial charge in [-0.05, 0) is 48.1 Å². The zero-order chi connectivity index (χ0) is 25.4. The summed E-state index contributed by atoms with van der Waals surface area (Å²) in [5.41, 5.74) is 2.91. The molecular formula is C28H35N5O2. The normalized spacial score (nSPS) is 11.9. The molecule has 0 radical (unpaired) electrons. The lowest BCUT2D eigenvalue weighted by Gasteiger charge is -2.29. The number of carbonyl (C=O) groups excluding carboxylic acids is 1. The summed E-state index contributed by atoms with van der Waals surface area (Å²) in [6.45, 7) is 10.5. The van der Waals surface area contributed by atoms with E-state index >= 15 is 0 Å². The second kappa shape index (κ2) is 12.2. The van der Waals surface area contributed by atoms with Gasteiger partial charge >= 0.3 is 0 Å². The summed E-state index contributed by atoms with van der Waals surface area (Å²) in [7, 11) is 1.63. The van der Waals surface area contributed by atoms with Crippen LogP contribution in [-0.2, 0) is 11.2 Å². The van der Waals surface area contributed by atoms with Crippen LogP contribution in [0.5, 0.6) is 5.75 Å². The summed E-state index contributed by atoms with van der Waals surface area (Å²) in [5.74, 6) is 0.753. The van der Waals surface area contributed by atoms with Crippen LogP contribution in [0.3, 0.4) is 0 Å². The zero-order valence-corrected chi connectivity index (χ0v) is 21.3. The van der Waals surface area contributed by atoms with Crippen molar-refractivity contribution >= 4 is 22.8 Å². The van der Waals surface area contributed by atoms with Gasteiger partial charge < -0.3 is 15.0 Å². The third-order valence-electron chi connectivity index (χ3n) is 5.59. The molecule has 3 rings (SSSR count). The topological polar surface area (TPSA) is 91.1 Å². The molecule has 1 atom stereocenters. The summed E-state index contributed by atoms with van der Waals surface area (Å²) < 4.78 is 5.19. The lowest BCUT2D eigenvalue weighted by molar-refractivity contribution is -0.121. The number of rotatable bonds is 11. The molecule has 1 aromatic heterocycles. The van der Waals surface area contributed by atoms with E-state index in [9.17, 15) is 10.1 Å². The van der Waals surface area contributed by atoms with Crippen LogP contribution in [0, 0.1) is 23.2 Å². The molecule has 1 amide bonds. The molecule has 0 aliphatic rings. The molecule has 7 heteroatoms. The maximum Gasteiger partial charge on any atom is 0.243 e. The van der Waals surface area contributed by atoms with Gasteiger partial charge in [0.1, 0.15) is 11.4 Å². The monoisotopic (exact) mass is 473 g/mol. The number of anilines is 1. The van der Waals surface area contributed by atoms with Crippen molar-refractivity contribution < 1.29 is 9.53 Å². The van der Waals surface area contributed by atoms with Gasteiger partial charge in [0.05, 0.1) is 24.2 Å². The minimum Gasteiger partial charge on any atom is -0.497 e. The van der Waals surface area contributed by atoms with Crippen molar-refractivity contribution in [2.45, 2.75) is 40.0 Å². The van der Waals surface area contributed by atoms with E-state index in [4.69, 9.17) is 14.7 Å². The largest absolute Gasteiger partial charge is 0.497 e. The predicted octanol–water partition coefficient (Wildman–Crippen LogP) is 4.72. The Hall–Kier alpha value is -3.66. The molecule has 0 unspecified atom stereocenters. The van der Waals surface area contributed by atoms with Gasteiger partial charge in [-0.3, -0.25) is 4.79 Å². The van der Waals surface area contributed by atoms with Crippen molar-refractivity contribution in [2.75, 3.05) is 31.6 Å². The molecule has 3 aromatic rings. The first-order valence-electron chi connectivity index (χ1n) is 12.1. The SMILES string of the molecule is COc1ccc(CCNC(=O)[C@@H](C#N)c2nc3ccccc3nc2N(CC(C)C)CC(C)C)cc1. The van der Waals surface area contributed by atoms with Crippen molar-refractivity contribution in [2.24, 2.45) is 11.8 Å². The molecule has 7 nitrogen and oxygen atoms in total. The number of nitrogens with one attached hydrogen (secondary N) is 1. The van der Waals surface area contributed by atoms with Crippen LogP contribution >= 0.6 is 0 Å². The molecule has 35 heavy (non-hydrogen) atoms. The number of hydrogen-bond donors (Lipinski definition) is 1. The van der Waals surface area contributed by atoms with Crippen LogP contribution in [0.2, 0.25) is 0 Å². The number of nitrogens with zero attached hydrogens (tertiary/aromatic N) is 4. The molecule has 2 aromatic carbocycles. The highest BCUT2D eigenvalue weighted by Gasteiger charge is 2.29. The standard InChI is InChI=1S/C28H35N5O2/c1-19(2)17-33(18-20(3)4)27-26(31-24-8-6-7-9-25(24)32-27)23(16-29)28(34)30-15-14-21-10-12-22(35-5)13-11-21/h6-13,19-20,23H,14-15,17-18H2,1-5H3,(H,30,34)/t23-/m0/s1. The van der Waals surface area contributed by atoms with Crippen LogP contribution in [0.15, 0.2) is 48.5 Å². The van der Waals surface area contributed by atoms with Gasteiger partial charge in [0.2, 0.25) is 5.91 Å². The molecule has 0 saturated carbocycles. The van der Waals surface area contributed by atoms with Crippen LogP contribution in [0.25, 0.3) is 11.0 Å². The van der Waals surface area contributed by atoms with Crippen molar-refractivity contribution in [3.8, 4) is 11.8 Å². The van der Waals surface area contributed by atoms with Gasteiger partial charge in [0.15, 0.2) is 11.7 Å². The fourth-order valence-electron chi connectivity index (χ4n) is 4.03. The van der Waals surface area contributed by atoms with Gasteiger partial charge in [-0.15, -0.1) is 0 Å². The van der Waals surface area contributed by atoms with E-state index in [2.05, 4.69) is 44.0 Å². The average Bonchev–Trinajstić information content (AvgIpc) is 2.83. The molecule has 0 aliphatic heterocycles. The Balaban J connectivity index is 1.89. The number of methoxy groups -OCH3 is 1. The van der Waals surface area contributed by atoms with Gasteiger partial charge in [-0.1, -0.05) is 52.0 Å². The Morgan fingerprint density at radius 1 is 1.00 bits per heavy atom. The predicted molar refractivity (Wildman–Crippen MR) is 139 cm³/mol. The van der Waals surface area contributed by atoms with Crippen LogP contribution < -0.4 is 15.0 Å². The van der Waals surface area contributed by atoms with Crippen LogP contribution in [-0.4, -0.2) is 42.6 Å². The Kier molecular flexibility index (Phi) is 9.02. The lowest BCUT2D eigenvalue weighted by Crippen LogP contribution is -2.36.